The first-order valence-corrected chi connectivity index (χ1v) is 9.55. The lowest BCUT2D eigenvalue weighted by atomic mass is 10.1. The predicted octanol–water partition coefficient (Wildman–Crippen LogP) is 2.81. The second-order valence-electron chi connectivity index (χ2n) is 6.98. The van der Waals surface area contributed by atoms with Crippen LogP contribution in [0.3, 0.4) is 0 Å². The van der Waals surface area contributed by atoms with E-state index in [2.05, 4.69) is 59.6 Å². The maximum atomic E-state index is 4.56. The molecule has 1 atom stereocenters. The number of nitrogens with one attached hydrogen (secondary N) is 1. The zero-order chi connectivity index (χ0) is 17.3. The second kappa shape index (κ2) is 8.54. The first-order valence-electron chi connectivity index (χ1n) is 8.67. The Kier molecular flexibility index (Phi) is 6.91. The monoisotopic (exact) mass is 383 g/mol. The van der Waals surface area contributed by atoms with E-state index in [9.17, 15) is 0 Å². The minimum absolute atomic E-state index is 0. The lowest BCUT2D eigenvalue weighted by Crippen LogP contribution is -2.42. The van der Waals surface area contributed by atoms with Crippen molar-refractivity contribution in [3.05, 3.63) is 33.1 Å². The molecule has 1 unspecified atom stereocenters. The molecule has 0 aromatic carbocycles. The Balaban J connectivity index is 0.00000225. The van der Waals surface area contributed by atoms with Gasteiger partial charge in [-0.1, -0.05) is 0 Å². The summed E-state index contributed by atoms with van der Waals surface area (Å²) in [5, 5.41) is 10.4. The molecule has 0 amide bonds. The Hall–Kier alpha value is -1.08. The fourth-order valence-electron chi connectivity index (χ4n) is 3.64. The molecule has 5 nitrogen and oxygen atoms in total. The van der Waals surface area contributed by atoms with E-state index >= 15 is 0 Å². The molecule has 0 bridgehead atoms. The summed E-state index contributed by atoms with van der Waals surface area (Å²) < 4.78 is 1.97. The quantitative estimate of drug-likeness (QED) is 0.832. The van der Waals surface area contributed by atoms with E-state index in [1.807, 2.05) is 23.1 Å². The molecule has 25 heavy (non-hydrogen) atoms. The smallest absolute Gasteiger partial charge is 0.130 e. The molecule has 0 fully saturated rings. The molecule has 0 saturated carbocycles. The van der Waals surface area contributed by atoms with E-state index in [0.29, 0.717) is 6.04 Å². The highest BCUT2D eigenvalue weighted by molar-refractivity contribution is 7.10. The van der Waals surface area contributed by atoms with Crippen LogP contribution < -0.4 is 10.2 Å². The van der Waals surface area contributed by atoms with Gasteiger partial charge in [-0.15, -0.1) is 23.7 Å². The first kappa shape index (κ1) is 20.2. The topological polar surface area (TPSA) is 36.3 Å². The molecule has 7 heteroatoms. The highest BCUT2D eigenvalue weighted by Crippen LogP contribution is 2.25. The van der Waals surface area contributed by atoms with E-state index in [-0.39, 0.29) is 12.4 Å². The molecule has 1 N–H and O–H groups in total. The normalized spacial score (nSPS) is 15.6. The maximum Gasteiger partial charge on any atom is 0.130 e. The van der Waals surface area contributed by atoms with Crippen LogP contribution in [0.15, 0.2) is 11.4 Å². The number of fused-ring (bicyclic) bond motifs is 1. The van der Waals surface area contributed by atoms with Crippen molar-refractivity contribution >= 4 is 29.6 Å². The molecule has 3 rings (SSSR count). The lowest BCUT2D eigenvalue weighted by molar-refractivity contribution is 0.188. The Bertz CT molecular complexity index is 694. The van der Waals surface area contributed by atoms with E-state index in [0.717, 1.165) is 25.3 Å². The number of aryl methyl sites for hydroxylation is 2. The minimum Gasteiger partial charge on any atom is -0.363 e. The fraction of sp³-hybridized carbons (Fsp3) is 0.611. The molecule has 1 aliphatic heterocycles. The van der Waals surface area contributed by atoms with Crippen LogP contribution in [0, 0.1) is 6.92 Å². The SMILES string of the molecule is Cc1nn(C)c(N(C)C)c1CNCC(C)N1CCc2sccc2C1.Cl. The standard InChI is InChI=1S/C18H29N5S.ClH/c1-13(23-8-6-17-15(12-23)7-9-24-17)10-19-11-16-14(2)20-22(5)18(16)21(3)4;/h7,9,13,19H,6,8,10-12H2,1-5H3;1H. The molecule has 2 aromatic rings. The summed E-state index contributed by atoms with van der Waals surface area (Å²) in [6, 6.07) is 2.83. The third kappa shape index (κ3) is 4.37. The fourth-order valence-corrected chi connectivity index (χ4v) is 4.53. The van der Waals surface area contributed by atoms with Crippen molar-refractivity contribution in [2.24, 2.45) is 7.05 Å². The van der Waals surface area contributed by atoms with Gasteiger partial charge in [0.25, 0.3) is 0 Å². The molecule has 2 aromatic heterocycles. The largest absolute Gasteiger partial charge is 0.363 e. The molecule has 140 valence electrons. The predicted molar refractivity (Wildman–Crippen MR) is 109 cm³/mol. The third-order valence-electron chi connectivity index (χ3n) is 4.94. The Morgan fingerprint density at radius 3 is 2.88 bits per heavy atom. The Morgan fingerprint density at radius 2 is 2.16 bits per heavy atom. The van der Waals surface area contributed by atoms with Crippen molar-refractivity contribution in [1.29, 1.82) is 0 Å². The van der Waals surface area contributed by atoms with E-state index < -0.39 is 0 Å². The Labute approximate surface area is 161 Å². The van der Waals surface area contributed by atoms with E-state index in [1.165, 1.54) is 29.9 Å². The van der Waals surface area contributed by atoms with Crippen molar-refractivity contribution in [2.45, 2.75) is 39.4 Å². The van der Waals surface area contributed by atoms with Crippen LogP contribution in [0.25, 0.3) is 0 Å². The van der Waals surface area contributed by atoms with Crippen LogP contribution in [0.5, 0.6) is 0 Å². The number of hydrogen-bond acceptors (Lipinski definition) is 5. The van der Waals surface area contributed by atoms with Crippen molar-refractivity contribution in [1.82, 2.24) is 20.0 Å². The van der Waals surface area contributed by atoms with Crippen LogP contribution in [-0.4, -0.2) is 47.9 Å². The van der Waals surface area contributed by atoms with Gasteiger partial charge in [0.05, 0.1) is 5.69 Å². The second-order valence-corrected chi connectivity index (χ2v) is 7.98. The number of nitrogens with zero attached hydrogens (tertiary/aromatic N) is 4. The molecule has 0 aliphatic carbocycles. The van der Waals surface area contributed by atoms with Crippen molar-refractivity contribution in [3.8, 4) is 0 Å². The summed E-state index contributed by atoms with van der Waals surface area (Å²) in [5.74, 6) is 1.19. The van der Waals surface area contributed by atoms with Crippen molar-refractivity contribution < 1.29 is 0 Å². The summed E-state index contributed by atoms with van der Waals surface area (Å²) in [6.45, 7) is 8.56. The molecular weight excluding hydrogens is 354 g/mol. The van der Waals surface area contributed by atoms with Gasteiger partial charge in [0.15, 0.2) is 0 Å². The lowest BCUT2D eigenvalue weighted by Gasteiger charge is -2.32. The zero-order valence-electron chi connectivity index (χ0n) is 15.9. The van der Waals surface area contributed by atoms with Gasteiger partial charge in [-0.2, -0.15) is 5.10 Å². The van der Waals surface area contributed by atoms with Gasteiger partial charge in [0.1, 0.15) is 5.82 Å². The number of hydrogen-bond donors (Lipinski definition) is 1. The van der Waals surface area contributed by atoms with E-state index in [4.69, 9.17) is 0 Å². The molecule has 0 saturated heterocycles. The van der Waals surface area contributed by atoms with Gasteiger partial charge >= 0.3 is 0 Å². The summed E-state index contributed by atoms with van der Waals surface area (Å²) in [5.41, 5.74) is 3.94. The highest BCUT2D eigenvalue weighted by Gasteiger charge is 2.21. The van der Waals surface area contributed by atoms with Crippen molar-refractivity contribution in [2.75, 3.05) is 32.1 Å². The van der Waals surface area contributed by atoms with Crippen molar-refractivity contribution in [3.63, 3.8) is 0 Å². The van der Waals surface area contributed by atoms with Gasteiger partial charge in [0, 0.05) is 63.8 Å². The van der Waals surface area contributed by atoms with Crippen LogP contribution in [0.2, 0.25) is 0 Å². The van der Waals surface area contributed by atoms with Crippen LogP contribution in [0.4, 0.5) is 5.82 Å². The summed E-state index contributed by atoms with van der Waals surface area (Å²) in [7, 11) is 6.17. The molecular formula is C18H30ClN5S. The highest BCUT2D eigenvalue weighted by atomic mass is 35.5. The molecule has 0 spiro atoms. The first-order chi connectivity index (χ1) is 11.5. The van der Waals surface area contributed by atoms with Gasteiger partial charge < -0.3 is 10.2 Å². The van der Waals surface area contributed by atoms with Gasteiger partial charge in [-0.05, 0) is 37.3 Å². The maximum absolute atomic E-state index is 4.56. The number of aromatic nitrogens is 2. The molecule has 1 aliphatic rings. The zero-order valence-corrected chi connectivity index (χ0v) is 17.5. The average Bonchev–Trinajstić information content (AvgIpc) is 3.10. The average molecular weight is 384 g/mol. The van der Waals surface area contributed by atoms with Gasteiger partial charge in [-0.3, -0.25) is 9.58 Å². The third-order valence-corrected chi connectivity index (χ3v) is 5.96. The molecule has 0 radical (unpaired) electrons. The minimum atomic E-state index is 0. The van der Waals surface area contributed by atoms with Gasteiger partial charge in [-0.25, -0.2) is 0 Å². The Morgan fingerprint density at radius 1 is 1.40 bits per heavy atom. The summed E-state index contributed by atoms with van der Waals surface area (Å²) in [6.07, 6.45) is 1.20. The number of thiophene rings is 1. The van der Waals surface area contributed by atoms with Crippen LogP contribution >= 0.6 is 23.7 Å². The summed E-state index contributed by atoms with van der Waals surface area (Å²) in [4.78, 5) is 6.31. The number of halogens is 1. The van der Waals surface area contributed by atoms with Crippen LogP contribution in [-0.2, 0) is 26.6 Å². The van der Waals surface area contributed by atoms with E-state index in [1.54, 1.807) is 4.88 Å². The van der Waals surface area contributed by atoms with Crippen LogP contribution in [0.1, 0.15) is 28.6 Å². The number of anilines is 1. The summed E-state index contributed by atoms with van der Waals surface area (Å²) >= 11 is 1.91. The van der Waals surface area contributed by atoms with Gasteiger partial charge in [0.2, 0.25) is 0 Å². The number of rotatable bonds is 6. The molecule has 3 heterocycles.